The maximum absolute atomic E-state index is 13.0. The molecule has 1 aromatic rings. The lowest BCUT2D eigenvalue weighted by molar-refractivity contribution is -0.143. The first-order valence-corrected chi connectivity index (χ1v) is 5.30. The van der Waals surface area contributed by atoms with Crippen molar-refractivity contribution in [3.05, 3.63) is 29.0 Å². The highest BCUT2D eigenvalue weighted by Crippen LogP contribution is 2.18. The zero-order valence-corrected chi connectivity index (χ0v) is 9.84. The third kappa shape index (κ3) is 3.70. The van der Waals surface area contributed by atoms with Crippen molar-refractivity contribution >= 4 is 23.3 Å². The van der Waals surface area contributed by atoms with E-state index in [-0.39, 0.29) is 11.0 Å². The molecule has 0 saturated heterocycles. The Hall–Kier alpha value is -1.29. The molecule has 0 aliphatic carbocycles. The Morgan fingerprint density at radius 1 is 1.56 bits per heavy atom. The zero-order chi connectivity index (χ0) is 12.1. The first kappa shape index (κ1) is 12.8. The molecule has 1 N–H and O–H groups in total. The molecule has 88 valence electrons. The van der Waals surface area contributed by atoms with Crippen molar-refractivity contribution < 1.29 is 13.9 Å². The third-order valence-corrected chi connectivity index (χ3v) is 2.10. The van der Waals surface area contributed by atoms with Crippen molar-refractivity contribution in [3.63, 3.8) is 0 Å². The molecule has 1 rings (SSSR count). The Morgan fingerprint density at radius 2 is 2.25 bits per heavy atom. The third-order valence-electron chi connectivity index (χ3n) is 1.89. The molecule has 5 heteroatoms. The fourth-order valence-electron chi connectivity index (χ4n) is 1.21. The minimum absolute atomic E-state index is 0.276. The Balaban J connectivity index is 2.69. The predicted octanol–water partition coefficient (Wildman–Crippen LogP) is 2.84. The minimum atomic E-state index is -0.544. The topological polar surface area (TPSA) is 38.3 Å². The predicted molar refractivity (Wildman–Crippen MR) is 61.1 cm³/mol. The number of ether oxygens (including phenoxy) is 1. The van der Waals surface area contributed by atoms with E-state index in [1.165, 1.54) is 12.1 Å². The smallest absolute Gasteiger partial charge is 0.328 e. The van der Waals surface area contributed by atoms with Gasteiger partial charge >= 0.3 is 5.97 Å². The number of hydrogen-bond acceptors (Lipinski definition) is 3. The van der Waals surface area contributed by atoms with E-state index in [0.29, 0.717) is 12.3 Å². The molecule has 1 atom stereocenters. The summed E-state index contributed by atoms with van der Waals surface area (Å²) >= 11 is 5.68. The van der Waals surface area contributed by atoms with Crippen molar-refractivity contribution in [2.24, 2.45) is 0 Å². The summed E-state index contributed by atoms with van der Waals surface area (Å²) in [5, 5.41) is 3.09. The van der Waals surface area contributed by atoms with Gasteiger partial charge in [0.1, 0.15) is 11.9 Å². The SMILES string of the molecule is CCOC(=O)C(C)Nc1cc(F)cc(Cl)c1. The fraction of sp³-hybridized carbons (Fsp3) is 0.364. The van der Waals surface area contributed by atoms with Crippen molar-refractivity contribution in [1.29, 1.82) is 0 Å². The number of halogens is 2. The summed E-state index contributed by atoms with van der Waals surface area (Å²) in [6.07, 6.45) is 0. The molecule has 0 bridgehead atoms. The van der Waals surface area contributed by atoms with Gasteiger partial charge in [-0.25, -0.2) is 9.18 Å². The van der Waals surface area contributed by atoms with Gasteiger partial charge in [-0.05, 0) is 32.0 Å². The number of anilines is 1. The van der Waals surface area contributed by atoms with Gasteiger partial charge in [0, 0.05) is 10.7 Å². The van der Waals surface area contributed by atoms with Crippen LogP contribution in [0.2, 0.25) is 5.02 Å². The van der Waals surface area contributed by atoms with Crippen LogP contribution in [0.3, 0.4) is 0 Å². The Morgan fingerprint density at radius 3 is 2.81 bits per heavy atom. The standard InChI is InChI=1S/C11H13ClFNO2/c1-3-16-11(15)7(2)14-10-5-8(12)4-9(13)6-10/h4-7,14H,3H2,1-2H3. The summed E-state index contributed by atoms with van der Waals surface area (Å²) in [7, 11) is 0. The number of carbonyl (C=O) groups is 1. The van der Waals surface area contributed by atoms with Crippen LogP contribution in [-0.4, -0.2) is 18.6 Å². The van der Waals surface area contributed by atoms with Crippen molar-refractivity contribution in [1.82, 2.24) is 0 Å². The van der Waals surface area contributed by atoms with E-state index in [1.807, 2.05) is 0 Å². The monoisotopic (exact) mass is 245 g/mol. The summed E-state index contributed by atoms with van der Waals surface area (Å²) in [4.78, 5) is 11.3. The van der Waals surface area contributed by atoms with Gasteiger partial charge in [0.2, 0.25) is 0 Å². The van der Waals surface area contributed by atoms with E-state index in [4.69, 9.17) is 16.3 Å². The molecule has 0 radical (unpaired) electrons. The second-order valence-electron chi connectivity index (χ2n) is 3.28. The van der Waals surface area contributed by atoms with Crippen molar-refractivity contribution in [2.45, 2.75) is 19.9 Å². The maximum Gasteiger partial charge on any atom is 0.328 e. The van der Waals surface area contributed by atoms with Gasteiger partial charge in [0.15, 0.2) is 0 Å². The van der Waals surface area contributed by atoms with Crippen LogP contribution >= 0.6 is 11.6 Å². The fourth-order valence-corrected chi connectivity index (χ4v) is 1.44. The van der Waals surface area contributed by atoms with Gasteiger partial charge < -0.3 is 10.1 Å². The molecule has 3 nitrogen and oxygen atoms in total. The number of hydrogen-bond donors (Lipinski definition) is 1. The van der Waals surface area contributed by atoms with Crippen LogP contribution in [0.25, 0.3) is 0 Å². The van der Waals surface area contributed by atoms with Gasteiger partial charge in [-0.15, -0.1) is 0 Å². The number of esters is 1. The van der Waals surface area contributed by atoms with Gasteiger partial charge in [0.25, 0.3) is 0 Å². The van der Waals surface area contributed by atoms with Gasteiger partial charge in [-0.3, -0.25) is 0 Å². The average molecular weight is 246 g/mol. The summed E-state index contributed by atoms with van der Waals surface area (Å²) in [5.41, 5.74) is 0.450. The molecule has 16 heavy (non-hydrogen) atoms. The number of rotatable bonds is 4. The highest BCUT2D eigenvalue weighted by atomic mass is 35.5. The van der Waals surface area contributed by atoms with Crippen LogP contribution < -0.4 is 5.32 Å². The lowest BCUT2D eigenvalue weighted by Crippen LogP contribution is -2.28. The number of benzene rings is 1. The zero-order valence-electron chi connectivity index (χ0n) is 9.09. The Kier molecular flexibility index (Phi) is 4.55. The lowest BCUT2D eigenvalue weighted by atomic mass is 10.2. The normalized spacial score (nSPS) is 12.0. The second kappa shape index (κ2) is 5.70. The molecule has 1 aromatic carbocycles. The molecular weight excluding hydrogens is 233 g/mol. The largest absolute Gasteiger partial charge is 0.464 e. The van der Waals surface area contributed by atoms with E-state index >= 15 is 0 Å². The molecule has 0 spiro atoms. The van der Waals surface area contributed by atoms with Gasteiger partial charge in [0.05, 0.1) is 6.61 Å². The van der Waals surface area contributed by atoms with E-state index < -0.39 is 11.9 Å². The molecular formula is C11H13ClFNO2. The molecule has 0 fully saturated rings. The molecule has 0 amide bonds. The first-order chi connectivity index (χ1) is 7.52. The number of nitrogens with one attached hydrogen (secondary N) is 1. The highest BCUT2D eigenvalue weighted by Gasteiger charge is 2.13. The van der Waals surface area contributed by atoms with E-state index in [1.54, 1.807) is 19.9 Å². The molecule has 0 aliphatic rings. The van der Waals surface area contributed by atoms with E-state index in [2.05, 4.69) is 5.32 Å². The van der Waals surface area contributed by atoms with E-state index in [9.17, 15) is 9.18 Å². The first-order valence-electron chi connectivity index (χ1n) is 4.92. The molecule has 0 saturated carbocycles. The van der Waals surface area contributed by atoms with Crippen molar-refractivity contribution in [3.8, 4) is 0 Å². The van der Waals surface area contributed by atoms with Crippen LogP contribution in [-0.2, 0) is 9.53 Å². The Bertz CT molecular complexity index is 364. The molecule has 0 heterocycles. The molecule has 0 aromatic heterocycles. The van der Waals surface area contributed by atoms with Crippen LogP contribution in [0.4, 0.5) is 10.1 Å². The molecule has 0 aliphatic heterocycles. The summed E-state index contributed by atoms with van der Waals surface area (Å²) in [6.45, 7) is 3.68. The average Bonchev–Trinajstić information content (AvgIpc) is 2.16. The summed E-state index contributed by atoms with van der Waals surface area (Å²) in [6, 6.07) is 3.46. The summed E-state index contributed by atoms with van der Waals surface area (Å²) < 4.78 is 17.8. The second-order valence-corrected chi connectivity index (χ2v) is 3.71. The lowest BCUT2D eigenvalue weighted by Gasteiger charge is -2.14. The quantitative estimate of drug-likeness (QED) is 0.829. The summed E-state index contributed by atoms with van der Waals surface area (Å²) in [5.74, 6) is -0.839. The van der Waals surface area contributed by atoms with Crippen LogP contribution in [0.1, 0.15) is 13.8 Å². The van der Waals surface area contributed by atoms with Gasteiger partial charge in [-0.2, -0.15) is 0 Å². The number of carbonyl (C=O) groups excluding carboxylic acids is 1. The minimum Gasteiger partial charge on any atom is -0.464 e. The Labute approximate surface area is 98.5 Å². The van der Waals surface area contributed by atoms with Crippen molar-refractivity contribution in [2.75, 3.05) is 11.9 Å². The van der Waals surface area contributed by atoms with Crippen LogP contribution in [0.5, 0.6) is 0 Å². The van der Waals surface area contributed by atoms with Gasteiger partial charge in [-0.1, -0.05) is 11.6 Å². The maximum atomic E-state index is 13.0. The van der Waals surface area contributed by atoms with Crippen LogP contribution in [0, 0.1) is 5.82 Å². The highest BCUT2D eigenvalue weighted by molar-refractivity contribution is 6.30. The van der Waals surface area contributed by atoms with Crippen LogP contribution in [0.15, 0.2) is 18.2 Å². The van der Waals surface area contributed by atoms with E-state index in [0.717, 1.165) is 0 Å². The molecule has 1 unspecified atom stereocenters.